The first-order valence-electron chi connectivity index (χ1n) is 8.09. The number of benzene rings is 1. The minimum Gasteiger partial charge on any atom is -0.482 e. The Labute approximate surface area is 154 Å². The third kappa shape index (κ3) is 9.69. The number of hydrogen-bond donors (Lipinski definition) is 1. The lowest BCUT2D eigenvalue weighted by molar-refractivity contribution is -0.274. The molecule has 0 heterocycles. The van der Waals surface area contributed by atoms with E-state index in [0.717, 1.165) is 12.1 Å². The van der Waals surface area contributed by atoms with Gasteiger partial charge in [0, 0.05) is 0 Å². The predicted molar refractivity (Wildman–Crippen MR) is 86.0 cm³/mol. The summed E-state index contributed by atoms with van der Waals surface area (Å²) in [6, 6.07) is 4.45. The van der Waals surface area contributed by atoms with Gasteiger partial charge in [-0.1, -0.05) is 13.8 Å². The summed E-state index contributed by atoms with van der Waals surface area (Å²) < 4.78 is 54.5. The number of ether oxygens (including phenoxy) is 4. The van der Waals surface area contributed by atoms with E-state index in [4.69, 9.17) is 14.2 Å². The maximum absolute atomic E-state index is 12.0. The fraction of sp³-hybridized carbons (Fsp3) is 0.529. The molecule has 152 valence electrons. The topological polar surface area (TPSA) is 91.3 Å². The molecule has 10 heteroatoms. The molecule has 0 bridgehead atoms. The number of esters is 2. The first kappa shape index (κ1) is 22.6. The molecule has 0 radical (unpaired) electrons. The van der Waals surface area contributed by atoms with Crippen molar-refractivity contribution in [2.24, 2.45) is 5.92 Å². The Morgan fingerprint density at radius 2 is 1.63 bits per heavy atom. The number of halogens is 3. The number of carbonyl (C=O) groups is 2. The Hall–Kier alpha value is -2.49. The SMILES string of the molecule is CCC(C)C(=O)OCC(O)COC(=O)COc1ccc(OC(F)(F)F)cc1. The van der Waals surface area contributed by atoms with Crippen molar-refractivity contribution in [3.63, 3.8) is 0 Å². The van der Waals surface area contributed by atoms with Crippen LogP contribution in [0.25, 0.3) is 0 Å². The summed E-state index contributed by atoms with van der Waals surface area (Å²) in [6.07, 6.45) is -5.37. The lowest BCUT2D eigenvalue weighted by Crippen LogP contribution is -2.28. The number of aliphatic hydroxyl groups is 1. The molecule has 0 aliphatic carbocycles. The molecule has 0 aliphatic heterocycles. The molecule has 1 aromatic carbocycles. The minimum atomic E-state index is -4.80. The van der Waals surface area contributed by atoms with Gasteiger partial charge >= 0.3 is 18.3 Å². The molecular formula is C17H21F3O7. The molecule has 1 N–H and O–H groups in total. The number of aliphatic hydroxyl groups excluding tert-OH is 1. The third-order valence-corrected chi connectivity index (χ3v) is 3.28. The molecule has 0 spiro atoms. The van der Waals surface area contributed by atoms with E-state index in [1.54, 1.807) is 6.92 Å². The zero-order valence-electron chi connectivity index (χ0n) is 14.8. The summed E-state index contributed by atoms with van der Waals surface area (Å²) in [4.78, 5) is 23.0. The second-order valence-corrected chi connectivity index (χ2v) is 5.58. The zero-order valence-corrected chi connectivity index (χ0v) is 14.8. The van der Waals surface area contributed by atoms with E-state index in [2.05, 4.69) is 4.74 Å². The van der Waals surface area contributed by atoms with Crippen LogP contribution in [0, 0.1) is 5.92 Å². The molecule has 1 aromatic rings. The Morgan fingerprint density at radius 1 is 1.07 bits per heavy atom. The molecule has 0 saturated carbocycles. The smallest absolute Gasteiger partial charge is 0.482 e. The van der Waals surface area contributed by atoms with Crippen LogP contribution in [0.3, 0.4) is 0 Å². The average molecular weight is 394 g/mol. The van der Waals surface area contributed by atoms with Crippen LogP contribution in [0.15, 0.2) is 24.3 Å². The van der Waals surface area contributed by atoms with Gasteiger partial charge in [0.05, 0.1) is 5.92 Å². The number of rotatable bonds is 10. The highest BCUT2D eigenvalue weighted by Gasteiger charge is 2.31. The molecule has 0 amide bonds. The molecule has 0 aliphatic rings. The monoisotopic (exact) mass is 394 g/mol. The van der Waals surface area contributed by atoms with Gasteiger partial charge in [0.25, 0.3) is 0 Å². The Kier molecular flexibility index (Phi) is 8.86. The van der Waals surface area contributed by atoms with Crippen LogP contribution >= 0.6 is 0 Å². The molecule has 2 atom stereocenters. The predicted octanol–water partition coefficient (Wildman–Crippen LogP) is 2.46. The van der Waals surface area contributed by atoms with Gasteiger partial charge in [-0.2, -0.15) is 0 Å². The van der Waals surface area contributed by atoms with Crippen molar-refractivity contribution in [1.29, 1.82) is 0 Å². The minimum absolute atomic E-state index is 0.129. The summed E-state index contributed by atoms with van der Waals surface area (Å²) in [6.45, 7) is 2.29. The van der Waals surface area contributed by atoms with Crippen LogP contribution in [-0.2, 0) is 19.1 Å². The summed E-state index contributed by atoms with van der Waals surface area (Å²) >= 11 is 0. The molecule has 0 saturated heterocycles. The van der Waals surface area contributed by atoms with Crippen LogP contribution in [0.4, 0.5) is 13.2 Å². The molecule has 0 aromatic heterocycles. The molecule has 7 nitrogen and oxygen atoms in total. The van der Waals surface area contributed by atoms with Gasteiger partial charge in [0.15, 0.2) is 6.61 Å². The molecule has 2 unspecified atom stereocenters. The highest BCUT2D eigenvalue weighted by Crippen LogP contribution is 2.24. The maximum atomic E-state index is 12.0. The Morgan fingerprint density at radius 3 is 2.19 bits per heavy atom. The van der Waals surface area contributed by atoms with Gasteiger partial charge in [0.1, 0.15) is 30.8 Å². The van der Waals surface area contributed by atoms with E-state index in [1.807, 2.05) is 6.92 Å². The van der Waals surface area contributed by atoms with Gasteiger partial charge in [-0.3, -0.25) is 4.79 Å². The van der Waals surface area contributed by atoms with Crippen molar-refractivity contribution in [1.82, 2.24) is 0 Å². The van der Waals surface area contributed by atoms with Crippen molar-refractivity contribution in [3.8, 4) is 11.5 Å². The summed E-state index contributed by atoms with van der Waals surface area (Å²) in [5, 5.41) is 9.61. The van der Waals surface area contributed by atoms with Crippen molar-refractivity contribution in [2.45, 2.75) is 32.7 Å². The summed E-state index contributed by atoms with van der Waals surface area (Å²) in [7, 11) is 0. The second-order valence-electron chi connectivity index (χ2n) is 5.58. The van der Waals surface area contributed by atoms with Crippen LogP contribution in [0.5, 0.6) is 11.5 Å². The van der Waals surface area contributed by atoms with E-state index in [-0.39, 0.29) is 18.3 Å². The number of carbonyl (C=O) groups excluding carboxylic acids is 2. The van der Waals surface area contributed by atoms with Crippen molar-refractivity contribution in [2.75, 3.05) is 19.8 Å². The van der Waals surface area contributed by atoms with E-state index >= 15 is 0 Å². The van der Waals surface area contributed by atoms with Crippen molar-refractivity contribution in [3.05, 3.63) is 24.3 Å². The second kappa shape index (κ2) is 10.6. The Balaban J connectivity index is 2.28. The van der Waals surface area contributed by atoms with Crippen LogP contribution < -0.4 is 9.47 Å². The first-order chi connectivity index (χ1) is 12.6. The van der Waals surface area contributed by atoms with Crippen molar-refractivity contribution < 1.29 is 46.8 Å². The lowest BCUT2D eigenvalue weighted by Gasteiger charge is -2.14. The van der Waals surface area contributed by atoms with Gasteiger partial charge in [-0.05, 0) is 30.7 Å². The highest BCUT2D eigenvalue weighted by atomic mass is 19.4. The molecule has 0 fully saturated rings. The number of alkyl halides is 3. The zero-order chi connectivity index (χ0) is 20.4. The maximum Gasteiger partial charge on any atom is 0.573 e. The van der Waals surface area contributed by atoms with E-state index in [9.17, 15) is 27.9 Å². The molecule has 1 rings (SSSR count). The van der Waals surface area contributed by atoms with E-state index < -0.39 is 43.4 Å². The standard InChI is InChI=1S/C17H21F3O7/c1-3-11(2)16(23)26-9-12(21)8-25-15(22)10-24-13-4-6-14(7-5-13)27-17(18,19)20/h4-7,11-12,21H,3,8-10H2,1-2H3. The fourth-order valence-corrected chi connectivity index (χ4v) is 1.65. The average Bonchev–Trinajstić information content (AvgIpc) is 2.61. The molecule has 27 heavy (non-hydrogen) atoms. The summed E-state index contributed by atoms with van der Waals surface area (Å²) in [5.74, 6) is -1.85. The largest absolute Gasteiger partial charge is 0.573 e. The van der Waals surface area contributed by atoms with E-state index in [0.29, 0.717) is 6.42 Å². The van der Waals surface area contributed by atoms with Gasteiger partial charge in [0.2, 0.25) is 0 Å². The van der Waals surface area contributed by atoms with Crippen molar-refractivity contribution >= 4 is 11.9 Å². The van der Waals surface area contributed by atoms with Gasteiger partial charge < -0.3 is 24.1 Å². The third-order valence-electron chi connectivity index (χ3n) is 3.28. The van der Waals surface area contributed by atoms with Crippen LogP contribution in [0.1, 0.15) is 20.3 Å². The van der Waals surface area contributed by atoms with E-state index in [1.165, 1.54) is 12.1 Å². The van der Waals surface area contributed by atoms with Gasteiger partial charge in [-0.15, -0.1) is 13.2 Å². The molecular weight excluding hydrogens is 373 g/mol. The van der Waals surface area contributed by atoms with Crippen LogP contribution in [0.2, 0.25) is 0 Å². The normalized spacial score (nSPS) is 13.4. The first-order valence-corrected chi connectivity index (χ1v) is 8.09. The lowest BCUT2D eigenvalue weighted by atomic mass is 10.1. The van der Waals surface area contributed by atoms with Gasteiger partial charge in [-0.25, -0.2) is 4.79 Å². The number of hydrogen-bond acceptors (Lipinski definition) is 7. The van der Waals surface area contributed by atoms with Crippen LogP contribution in [-0.4, -0.2) is 49.3 Å². The summed E-state index contributed by atoms with van der Waals surface area (Å²) in [5.41, 5.74) is 0. The highest BCUT2D eigenvalue weighted by molar-refractivity contribution is 5.72. The fourth-order valence-electron chi connectivity index (χ4n) is 1.65. The quantitative estimate of drug-likeness (QED) is 0.610. The Bertz CT molecular complexity index is 602.